The summed E-state index contributed by atoms with van der Waals surface area (Å²) in [6.45, 7) is 10.8. The molecule has 0 amide bonds. The second-order valence-corrected chi connectivity index (χ2v) is 5.67. The Kier molecular flexibility index (Phi) is 3.68. The lowest BCUT2D eigenvalue weighted by molar-refractivity contribution is 0.0267. The van der Waals surface area contributed by atoms with Crippen molar-refractivity contribution in [2.75, 3.05) is 19.6 Å². The Bertz CT molecular complexity index is 205. The molecule has 2 heteroatoms. The summed E-state index contributed by atoms with van der Waals surface area (Å²) in [5.41, 5.74) is 0. The highest BCUT2D eigenvalue weighted by Crippen LogP contribution is 2.34. The van der Waals surface area contributed by atoms with E-state index in [1.807, 2.05) is 0 Å². The minimum Gasteiger partial charge on any atom is -0.313 e. The third-order valence-corrected chi connectivity index (χ3v) is 4.22. The van der Waals surface area contributed by atoms with Crippen molar-refractivity contribution in [3.05, 3.63) is 0 Å². The third kappa shape index (κ3) is 2.54. The molecule has 2 fully saturated rings. The Labute approximate surface area is 94.4 Å². The van der Waals surface area contributed by atoms with E-state index in [4.69, 9.17) is 0 Å². The summed E-state index contributed by atoms with van der Waals surface area (Å²) in [4.78, 5) is 2.75. The van der Waals surface area contributed by atoms with Gasteiger partial charge < -0.3 is 5.32 Å². The van der Waals surface area contributed by atoms with Gasteiger partial charge >= 0.3 is 0 Å². The van der Waals surface area contributed by atoms with Crippen molar-refractivity contribution in [3.8, 4) is 0 Å². The lowest BCUT2D eigenvalue weighted by Gasteiger charge is -2.48. The molecule has 4 unspecified atom stereocenters. The molecule has 88 valence electrons. The molecular formula is C13H26N2. The number of nitrogens with zero attached hydrogens (tertiary/aromatic N) is 1. The monoisotopic (exact) mass is 210 g/mol. The molecule has 2 aliphatic rings. The van der Waals surface area contributed by atoms with E-state index in [-0.39, 0.29) is 0 Å². The van der Waals surface area contributed by atoms with Crippen molar-refractivity contribution in [1.82, 2.24) is 10.2 Å². The average molecular weight is 210 g/mol. The van der Waals surface area contributed by atoms with Gasteiger partial charge in [-0.25, -0.2) is 0 Å². The normalized spacial score (nSPS) is 42.6. The molecule has 0 aromatic rings. The average Bonchev–Trinajstić information content (AvgIpc) is 2.15. The van der Waals surface area contributed by atoms with Gasteiger partial charge in [-0.2, -0.15) is 0 Å². The summed E-state index contributed by atoms with van der Waals surface area (Å²) in [5, 5.41) is 3.62. The minimum absolute atomic E-state index is 0.742. The lowest BCUT2D eigenvalue weighted by Crippen LogP contribution is -2.56. The Morgan fingerprint density at radius 3 is 2.53 bits per heavy atom. The molecule has 0 aromatic heterocycles. The van der Waals surface area contributed by atoms with Gasteiger partial charge in [-0.3, -0.25) is 4.90 Å². The molecule has 1 N–H and O–H groups in total. The van der Waals surface area contributed by atoms with Crippen LogP contribution in [-0.4, -0.2) is 36.6 Å². The molecule has 15 heavy (non-hydrogen) atoms. The van der Waals surface area contributed by atoms with Crippen molar-refractivity contribution in [2.24, 2.45) is 11.8 Å². The number of nitrogens with one attached hydrogen (secondary N) is 1. The molecular weight excluding hydrogens is 184 g/mol. The number of hydrogen-bond donors (Lipinski definition) is 1. The first-order valence-corrected chi connectivity index (χ1v) is 6.68. The first-order chi connectivity index (χ1) is 7.20. The summed E-state index contributed by atoms with van der Waals surface area (Å²) < 4.78 is 0. The van der Waals surface area contributed by atoms with Crippen molar-refractivity contribution in [2.45, 2.75) is 52.1 Å². The molecule has 1 aliphatic heterocycles. The van der Waals surface area contributed by atoms with Crippen LogP contribution in [-0.2, 0) is 0 Å². The van der Waals surface area contributed by atoms with Gasteiger partial charge in [0.2, 0.25) is 0 Å². The number of piperidine rings is 1. The van der Waals surface area contributed by atoms with Crippen LogP contribution in [0.1, 0.15) is 40.0 Å². The maximum absolute atomic E-state index is 3.62. The Morgan fingerprint density at radius 1 is 1.20 bits per heavy atom. The van der Waals surface area contributed by atoms with Gasteiger partial charge in [0.15, 0.2) is 0 Å². The second kappa shape index (κ2) is 4.84. The topological polar surface area (TPSA) is 15.3 Å². The van der Waals surface area contributed by atoms with Crippen LogP contribution in [0.4, 0.5) is 0 Å². The van der Waals surface area contributed by atoms with E-state index >= 15 is 0 Å². The van der Waals surface area contributed by atoms with Crippen LogP contribution in [0.15, 0.2) is 0 Å². The van der Waals surface area contributed by atoms with Crippen LogP contribution in [0.3, 0.4) is 0 Å². The first-order valence-electron chi connectivity index (χ1n) is 6.68. The van der Waals surface area contributed by atoms with Crippen molar-refractivity contribution < 1.29 is 0 Å². The van der Waals surface area contributed by atoms with Gasteiger partial charge in [-0.05, 0) is 37.6 Å². The SMILES string of the molecule is CCNC1CC(C)CN(C2CCC2C)C1. The standard InChI is InChI=1S/C13H26N2/c1-4-14-12-7-10(2)8-15(9-12)13-6-5-11(13)3/h10-14H,4-9H2,1-3H3. The van der Waals surface area contributed by atoms with E-state index in [1.54, 1.807) is 0 Å². The second-order valence-electron chi connectivity index (χ2n) is 5.67. The van der Waals surface area contributed by atoms with Crippen LogP contribution in [0.2, 0.25) is 0 Å². The Balaban J connectivity index is 1.88. The van der Waals surface area contributed by atoms with Crippen molar-refractivity contribution in [3.63, 3.8) is 0 Å². The van der Waals surface area contributed by atoms with Crippen LogP contribution < -0.4 is 5.32 Å². The van der Waals surface area contributed by atoms with Crippen molar-refractivity contribution >= 4 is 0 Å². The van der Waals surface area contributed by atoms with Crippen molar-refractivity contribution in [1.29, 1.82) is 0 Å². The Morgan fingerprint density at radius 2 is 2.00 bits per heavy atom. The van der Waals surface area contributed by atoms with Crippen LogP contribution >= 0.6 is 0 Å². The molecule has 1 saturated heterocycles. The quantitative estimate of drug-likeness (QED) is 0.767. The van der Waals surface area contributed by atoms with Crippen LogP contribution in [0.5, 0.6) is 0 Å². The summed E-state index contributed by atoms with van der Waals surface area (Å²) in [6.07, 6.45) is 4.25. The highest BCUT2D eigenvalue weighted by atomic mass is 15.2. The zero-order valence-corrected chi connectivity index (χ0v) is 10.5. The molecule has 1 saturated carbocycles. The Hall–Kier alpha value is -0.0800. The van der Waals surface area contributed by atoms with Gasteiger partial charge in [-0.1, -0.05) is 20.8 Å². The van der Waals surface area contributed by atoms with E-state index in [1.165, 1.54) is 32.4 Å². The molecule has 0 radical (unpaired) electrons. The van der Waals surface area contributed by atoms with Gasteiger partial charge in [-0.15, -0.1) is 0 Å². The van der Waals surface area contributed by atoms with E-state index in [0.29, 0.717) is 0 Å². The number of likely N-dealkylation sites (N-methyl/N-ethyl adjacent to an activating group) is 1. The highest BCUT2D eigenvalue weighted by molar-refractivity contribution is 4.91. The zero-order chi connectivity index (χ0) is 10.8. The molecule has 1 heterocycles. The van der Waals surface area contributed by atoms with Gasteiger partial charge in [0.25, 0.3) is 0 Å². The fourth-order valence-corrected chi connectivity index (χ4v) is 3.29. The molecule has 2 rings (SSSR count). The van der Waals surface area contributed by atoms with Crippen LogP contribution in [0.25, 0.3) is 0 Å². The van der Waals surface area contributed by atoms with E-state index in [9.17, 15) is 0 Å². The summed E-state index contributed by atoms with van der Waals surface area (Å²) in [7, 11) is 0. The smallest absolute Gasteiger partial charge is 0.0198 e. The molecule has 2 nitrogen and oxygen atoms in total. The summed E-state index contributed by atoms with van der Waals surface area (Å²) in [6, 6.07) is 1.64. The third-order valence-electron chi connectivity index (χ3n) is 4.22. The highest BCUT2D eigenvalue weighted by Gasteiger charge is 2.36. The van der Waals surface area contributed by atoms with Gasteiger partial charge in [0, 0.05) is 25.2 Å². The zero-order valence-electron chi connectivity index (χ0n) is 10.5. The van der Waals surface area contributed by atoms with Gasteiger partial charge in [0.1, 0.15) is 0 Å². The molecule has 4 atom stereocenters. The number of hydrogen-bond acceptors (Lipinski definition) is 2. The predicted octanol–water partition coefficient (Wildman–Crippen LogP) is 2.10. The predicted molar refractivity (Wildman–Crippen MR) is 65.0 cm³/mol. The number of likely N-dealkylation sites (tertiary alicyclic amines) is 1. The van der Waals surface area contributed by atoms with E-state index in [0.717, 1.165) is 30.5 Å². The van der Waals surface area contributed by atoms with E-state index < -0.39 is 0 Å². The molecule has 1 aliphatic carbocycles. The minimum atomic E-state index is 0.742. The van der Waals surface area contributed by atoms with Gasteiger partial charge in [0.05, 0.1) is 0 Å². The fraction of sp³-hybridized carbons (Fsp3) is 1.00. The molecule has 0 bridgehead atoms. The summed E-state index contributed by atoms with van der Waals surface area (Å²) in [5.74, 6) is 1.81. The molecule has 0 aromatic carbocycles. The van der Waals surface area contributed by atoms with E-state index in [2.05, 4.69) is 31.0 Å². The lowest BCUT2D eigenvalue weighted by atomic mass is 9.78. The maximum Gasteiger partial charge on any atom is 0.0198 e. The summed E-state index contributed by atoms with van der Waals surface area (Å²) >= 11 is 0. The van der Waals surface area contributed by atoms with Crippen LogP contribution in [0, 0.1) is 11.8 Å². The first kappa shape index (κ1) is 11.4. The fourth-order valence-electron chi connectivity index (χ4n) is 3.29. The largest absolute Gasteiger partial charge is 0.313 e. The number of rotatable bonds is 3. The molecule has 0 spiro atoms. The maximum atomic E-state index is 3.62.